The van der Waals surface area contributed by atoms with Crippen LogP contribution in [0.3, 0.4) is 0 Å². The van der Waals surface area contributed by atoms with E-state index in [0.29, 0.717) is 13.1 Å². The van der Waals surface area contributed by atoms with Crippen molar-refractivity contribution in [2.75, 3.05) is 13.1 Å². The van der Waals surface area contributed by atoms with E-state index >= 15 is 0 Å². The number of hydrogen-bond donors (Lipinski definition) is 0. The molecular formula is C19H26N2O2. The molecule has 3 rings (SSSR count). The molecule has 4 heteroatoms. The zero-order valence-electron chi connectivity index (χ0n) is 14.3. The number of aryl methyl sites for hydroxylation is 1. The molecule has 2 amide bonds. The van der Waals surface area contributed by atoms with Crippen LogP contribution in [0.5, 0.6) is 0 Å². The Hall–Kier alpha value is -1.84. The first-order valence-electron chi connectivity index (χ1n) is 8.63. The molecule has 4 nitrogen and oxygen atoms in total. The first-order chi connectivity index (χ1) is 11.0. The van der Waals surface area contributed by atoms with Crippen LogP contribution >= 0.6 is 0 Å². The lowest BCUT2D eigenvalue weighted by molar-refractivity contribution is -0.158. The van der Waals surface area contributed by atoms with Crippen LogP contribution in [0.4, 0.5) is 0 Å². The summed E-state index contributed by atoms with van der Waals surface area (Å²) < 4.78 is 0. The normalized spacial score (nSPS) is 23.3. The fourth-order valence-corrected chi connectivity index (χ4v) is 3.97. The van der Waals surface area contributed by atoms with Crippen LogP contribution in [0.15, 0.2) is 24.3 Å². The number of hydrogen-bond acceptors (Lipinski definition) is 2. The van der Waals surface area contributed by atoms with Crippen LogP contribution in [-0.2, 0) is 16.1 Å². The second-order valence-electron chi connectivity index (χ2n) is 7.17. The number of piperazine rings is 1. The van der Waals surface area contributed by atoms with Gasteiger partial charge >= 0.3 is 11.8 Å². The average Bonchev–Trinajstić information content (AvgIpc) is 2.94. The van der Waals surface area contributed by atoms with Crippen molar-refractivity contribution in [3.8, 4) is 0 Å². The first kappa shape index (κ1) is 16.0. The Bertz CT molecular complexity index is 604. The van der Waals surface area contributed by atoms with Gasteiger partial charge < -0.3 is 9.80 Å². The molecule has 2 aliphatic heterocycles. The maximum Gasteiger partial charge on any atom is 0.312 e. The van der Waals surface area contributed by atoms with Gasteiger partial charge in [-0.3, -0.25) is 9.59 Å². The minimum atomic E-state index is -0.343. The molecule has 0 aliphatic carbocycles. The number of rotatable bonds is 4. The lowest BCUT2D eigenvalue weighted by atomic mass is 9.80. The first-order valence-corrected chi connectivity index (χ1v) is 8.63. The molecule has 2 aliphatic rings. The summed E-state index contributed by atoms with van der Waals surface area (Å²) in [6, 6.07) is 8.36. The Morgan fingerprint density at radius 2 is 1.74 bits per heavy atom. The molecule has 0 radical (unpaired) electrons. The molecule has 2 saturated heterocycles. The van der Waals surface area contributed by atoms with Crippen LogP contribution < -0.4 is 0 Å². The van der Waals surface area contributed by atoms with Crippen LogP contribution in [0.25, 0.3) is 0 Å². The average molecular weight is 314 g/mol. The maximum absolute atomic E-state index is 12.5. The van der Waals surface area contributed by atoms with Crippen molar-refractivity contribution >= 4 is 11.8 Å². The Balaban J connectivity index is 1.77. The topological polar surface area (TPSA) is 40.6 Å². The Labute approximate surface area is 138 Å². The SMILES string of the molecule is CCC1(CC)CC2CN(Cc3ccc(C)cc3)C(=O)C(=O)N2C1. The monoisotopic (exact) mass is 314 g/mol. The number of carbonyl (C=O) groups excluding carboxylic acids is 2. The van der Waals surface area contributed by atoms with Crippen LogP contribution in [0, 0.1) is 12.3 Å². The molecule has 0 spiro atoms. The van der Waals surface area contributed by atoms with Gasteiger partial charge in [0.25, 0.3) is 0 Å². The van der Waals surface area contributed by atoms with E-state index in [0.717, 1.165) is 31.4 Å². The summed E-state index contributed by atoms with van der Waals surface area (Å²) in [5, 5.41) is 0. The standard InChI is InChI=1S/C19H26N2O2/c1-4-19(5-2)10-16-12-20(17(22)18(23)21(16)13-19)11-15-8-6-14(3)7-9-15/h6-9,16H,4-5,10-13H2,1-3H3. The molecule has 0 aromatic heterocycles. The molecule has 0 saturated carbocycles. The Morgan fingerprint density at radius 1 is 1.09 bits per heavy atom. The van der Waals surface area contributed by atoms with Gasteiger partial charge in [-0.2, -0.15) is 0 Å². The van der Waals surface area contributed by atoms with Gasteiger partial charge in [-0.15, -0.1) is 0 Å². The highest BCUT2D eigenvalue weighted by atomic mass is 16.2. The molecule has 0 N–H and O–H groups in total. The van der Waals surface area contributed by atoms with Gasteiger partial charge in [0.05, 0.1) is 6.04 Å². The quantitative estimate of drug-likeness (QED) is 0.802. The minimum absolute atomic E-state index is 0.186. The predicted octanol–water partition coefficient (Wildman–Crippen LogP) is 2.74. The molecule has 1 atom stereocenters. The third-order valence-electron chi connectivity index (χ3n) is 5.77. The Morgan fingerprint density at radius 3 is 2.35 bits per heavy atom. The molecule has 2 heterocycles. The van der Waals surface area contributed by atoms with Crippen molar-refractivity contribution in [1.82, 2.24) is 9.80 Å². The predicted molar refractivity (Wildman–Crippen MR) is 89.7 cm³/mol. The summed E-state index contributed by atoms with van der Waals surface area (Å²) in [4.78, 5) is 28.5. The highest BCUT2D eigenvalue weighted by Crippen LogP contribution is 2.42. The second-order valence-corrected chi connectivity index (χ2v) is 7.17. The van der Waals surface area contributed by atoms with Gasteiger partial charge in [0.2, 0.25) is 0 Å². The maximum atomic E-state index is 12.5. The minimum Gasteiger partial charge on any atom is -0.329 e. The molecular weight excluding hydrogens is 288 g/mol. The highest BCUT2D eigenvalue weighted by Gasteiger charge is 2.49. The summed E-state index contributed by atoms with van der Waals surface area (Å²) in [5.41, 5.74) is 2.48. The molecule has 2 fully saturated rings. The van der Waals surface area contributed by atoms with Gasteiger partial charge in [-0.1, -0.05) is 43.7 Å². The van der Waals surface area contributed by atoms with E-state index in [1.54, 1.807) is 4.90 Å². The van der Waals surface area contributed by atoms with Crippen molar-refractivity contribution < 1.29 is 9.59 Å². The number of amides is 2. The van der Waals surface area contributed by atoms with E-state index in [2.05, 4.69) is 13.8 Å². The van der Waals surface area contributed by atoms with E-state index in [9.17, 15) is 9.59 Å². The largest absolute Gasteiger partial charge is 0.329 e. The van der Waals surface area contributed by atoms with E-state index in [1.165, 1.54) is 5.56 Å². The van der Waals surface area contributed by atoms with E-state index in [4.69, 9.17) is 0 Å². The van der Waals surface area contributed by atoms with Crippen molar-refractivity contribution in [2.45, 2.75) is 52.6 Å². The molecule has 124 valence electrons. The fourth-order valence-electron chi connectivity index (χ4n) is 3.97. The van der Waals surface area contributed by atoms with Crippen molar-refractivity contribution in [3.05, 3.63) is 35.4 Å². The Kier molecular flexibility index (Phi) is 4.17. The summed E-state index contributed by atoms with van der Waals surface area (Å²) >= 11 is 0. The summed E-state index contributed by atoms with van der Waals surface area (Å²) in [6.45, 7) is 8.37. The van der Waals surface area contributed by atoms with E-state index < -0.39 is 0 Å². The fraction of sp³-hybridized carbons (Fsp3) is 0.579. The highest BCUT2D eigenvalue weighted by molar-refractivity contribution is 6.35. The van der Waals surface area contributed by atoms with Gasteiger partial charge in [0, 0.05) is 19.6 Å². The van der Waals surface area contributed by atoms with Crippen LogP contribution in [-0.4, -0.2) is 40.7 Å². The van der Waals surface area contributed by atoms with Gasteiger partial charge in [-0.25, -0.2) is 0 Å². The van der Waals surface area contributed by atoms with Crippen molar-refractivity contribution in [1.29, 1.82) is 0 Å². The van der Waals surface area contributed by atoms with Gasteiger partial charge in [-0.05, 0) is 37.2 Å². The summed E-state index contributed by atoms with van der Waals surface area (Å²) in [6.07, 6.45) is 3.15. The number of fused-ring (bicyclic) bond motifs is 1. The molecule has 1 aromatic carbocycles. The number of benzene rings is 1. The third-order valence-corrected chi connectivity index (χ3v) is 5.77. The molecule has 23 heavy (non-hydrogen) atoms. The zero-order valence-corrected chi connectivity index (χ0v) is 14.3. The van der Waals surface area contributed by atoms with Crippen LogP contribution in [0.1, 0.15) is 44.2 Å². The lowest BCUT2D eigenvalue weighted by Gasteiger charge is -2.36. The zero-order chi connectivity index (χ0) is 16.6. The molecule has 0 bridgehead atoms. The summed E-state index contributed by atoms with van der Waals surface area (Å²) in [7, 11) is 0. The number of carbonyl (C=O) groups is 2. The van der Waals surface area contributed by atoms with Gasteiger partial charge in [0.15, 0.2) is 0 Å². The smallest absolute Gasteiger partial charge is 0.312 e. The van der Waals surface area contributed by atoms with Crippen molar-refractivity contribution in [3.63, 3.8) is 0 Å². The third kappa shape index (κ3) is 2.87. The molecule has 1 unspecified atom stereocenters. The van der Waals surface area contributed by atoms with Crippen molar-refractivity contribution in [2.24, 2.45) is 5.41 Å². The lowest BCUT2D eigenvalue weighted by Crippen LogP contribution is -2.56. The molecule has 1 aromatic rings. The van der Waals surface area contributed by atoms with Gasteiger partial charge in [0.1, 0.15) is 0 Å². The van der Waals surface area contributed by atoms with E-state index in [1.807, 2.05) is 36.1 Å². The number of nitrogens with zero attached hydrogens (tertiary/aromatic N) is 2. The van der Waals surface area contributed by atoms with Crippen LogP contribution in [0.2, 0.25) is 0 Å². The summed E-state index contributed by atoms with van der Waals surface area (Å²) in [5.74, 6) is -0.651. The second kappa shape index (κ2) is 5.99. The van der Waals surface area contributed by atoms with E-state index in [-0.39, 0.29) is 23.3 Å².